The van der Waals surface area contributed by atoms with Crippen LogP contribution < -0.4 is 4.74 Å². The summed E-state index contributed by atoms with van der Waals surface area (Å²) in [5.74, 6) is -0.271. The predicted molar refractivity (Wildman–Crippen MR) is 105 cm³/mol. The highest BCUT2D eigenvalue weighted by Gasteiger charge is 2.15. The van der Waals surface area contributed by atoms with Crippen LogP contribution >= 0.6 is 0 Å². The third-order valence-corrected chi connectivity index (χ3v) is 4.30. The summed E-state index contributed by atoms with van der Waals surface area (Å²) < 4.78 is 18.7. The molecule has 0 N–H and O–H groups in total. The molecule has 0 radical (unpaired) electrons. The van der Waals surface area contributed by atoms with E-state index in [1.54, 1.807) is 43.6 Å². The number of carbonyl (C=O) groups excluding carboxylic acids is 1. The van der Waals surface area contributed by atoms with Gasteiger partial charge in [0.1, 0.15) is 18.6 Å². The van der Waals surface area contributed by atoms with Crippen molar-refractivity contribution in [3.63, 3.8) is 0 Å². The smallest absolute Gasteiger partial charge is 0.212 e. The number of aromatic nitrogens is 3. The van der Waals surface area contributed by atoms with Crippen molar-refractivity contribution < 1.29 is 18.8 Å². The number of carbonyl (C=O) groups is 1. The average molecular weight is 394 g/mol. The summed E-state index contributed by atoms with van der Waals surface area (Å²) in [6, 6.07) is 7.03. The zero-order valence-corrected chi connectivity index (χ0v) is 16.2. The molecule has 0 aromatic carbocycles. The van der Waals surface area contributed by atoms with E-state index in [1.165, 1.54) is 20.4 Å². The quantitative estimate of drug-likeness (QED) is 0.348. The van der Waals surface area contributed by atoms with Crippen LogP contribution in [0.25, 0.3) is 0 Å². The van der Waals surface area contributed by atoms with Crippen molar-refractivity contribution >= 4 is 11.5 Å². The highest BCUT2D eigenvalue weighted by Crippen LogP contribution is 2.16. The first-order chi connectivity index (χ1) is 14.0. The second-order valence-electron chi connectivity index (χ2n) is 6.14. The molecule has 0 amide bonds. The van der Waals surface area contributed by atoms with E-state index < -0.39 is 5.82 Å². The van der Waals surface area contributed by atoms with Crippen molar-refractivity contribution in [3.8, 4) is 5.88 Å². The summed E-state index contributed by atoms with van der Waals surface area (Å²) >= 11 is 0. The number of halogens is 1. The van der Waals surface area contributed by atoms with Gasteiger partial charge in [0, 0.05) is 47.0 Å². The fourth-order valence-electron chi connectivity index (χ4n) is 2.71. The molecular weight excluding hydrogens is 375 g/mol. The number of nitrogens with zero attached hydrogens (tertiary/aromatic N) is 4. The lowest BCUT2D eigenvalue weighted by Crippen LogP contribution is -2.10. The zero-order chi connectivity index (χ0) is 20.8. The van der Waals surface area contributed by atoms with Gasteiger partial charge in [0.25, 0.3) is 0 Å². The number of Topliss-reactive ketones (excluding diaryl/α,β-unsaturated/α-hetero) is 1. The van der Waals surface area contributed by atoms with Crippen LogP contribution in [0.5, 0.6) is 5.88 Å². The van der Waals surface area contributed by atoms with Crippen LogP contribution in [0, 0.1) is 12.7 Å². The van der Waals surface area contributed by atoms with E-state index in [9.17, 15) is 9.18 Å². The number of rotatable bonds is 7. The number of pyridine rings is 3. The van der Waals surface area contributed by atoms with Crippen molar-refractivity contribution in [1.29, 1.82) is 0 Å². The maximum atomic E-state index is 13.6. The molecule has 0 aliphatic carbocycles. The van der Waals surface area contributed by atoms with Gasteiger partial charge in [-0.25, -0.2) is 9.37 Å². The van der Waals surface area contributed by atoms with E-state index in [1.807, 2.05) is 0 Å². The van der Waals surface area contributed by atoms with Crippen LogP contribution in [-0.4, -0.2) is 40.7 Å². The molecule has 3 aromatic heterocycles. The molecular formula is C21H19FN4O3. The first-order valence-electron chi connectivity index (χ1n) is 8.73. The molecule has 8 heteroatoms. The van der Waals surface area contributed by atoms with Gasteiger partial charge in [-0.2, -0.15) is 0 Å². The number of hydrogen-bond donors (Lipinski definition) is 0. The summed E-state index contributed by atoms with van der Waals surface area (Å²) in [7, 11) is 2.99. The Morgan fingerprint density at radius 1 is 1.03 bits per heavy atom. The molecule has 0 unspecified atom stereocenters. The molecule has 3 heterocycles. The van der Waals surface area contributed by atoms with Crippen molar-refractivity contribution in [3.05, 3.63) is 82.8 Å². The summed E-state index contributed by atoms with van der Waals surface area (Å²) in [6.07, 6.45) is 5.71. The number of oxime groups is 1. The number of ketones is 1. The Hall–Kier alpha value is -3.68. The molecule has 0 aliphatic heterocycles. The zero-order valence-electron chi connectivity index (χ0n) is 16.2. The number of hydrogen-bond acceptors (Lipinski definition) is 7. The van der Waals surface area contributed by atoms with Crippen LogP contribution in [0.3, 0.4) is 0 Å². The predicted octanol–water partition coefficient (Wildman–Crippen LogP) is 3.15. The molecule has 0 saturated carbocycles. The molecule has 0 aliphatic rings. The summed E-state index contributed by atoms with van der Waals surface area (Å²) in [5.41, 5.74) is 3.04. The van der Waals surface area contributed by atoms with E-state index in [0.717, 1.165) is 11.8 Å². The average Bonchev–Trinajstić information content (AvgIpc) is 2.75. The highest BCUT2D eigenvalue weighted by atomic mass is 19.1. The lowest BCUT2D eigenvalue weighted by Gasteiger charge is -2.08. The van der Waals surface area contributed by atoms with Gasteiger partial charge >= 0.3 is 0 Å². The Morgan fingerprint density at radius 2 is 1.76 bits per heavy atom. The topological polar surface area (TPSA) is 86.6 Å². The molecule has 0 saturated heterocycles. The van der Waals surface area contributed by atoms with Crippen LogP contribution in [0.4, 0.5) is 4.39 Å². The largest absolute Gasteiger partial charge is 0.481 e. The van der Waals surface area contributed by atoms with E-state index in [2.05, 4.69) is 20.1 Å². The van der Waals surface area contributed by atoms with E-state index in [0.29, 0.717) is 22.8 Å². The second-order valence-corrected chi connectivity index (χ2v) is 6.14. The molecule has 29 heavy (non-hydrogen) atoms. The molecule has 0 atom stereocenters. The van der Waals surface area contributed by atoms with E-state index in [4.69, 9.17) is 9.57 Å². The Balaban J connectivity index is 1.81. The van der Waals surface area contributed by atoms with Gasteiger partial charge < -0.3 is 9.57 Å². The van der Waals surface area contributed by atoms with Gasteiger partial charge in [0.15, 0.2) is 5.78 Å². The van der Waals surface area contributed by atoms with Crippen molar-refractivity contribution in [2.45, 2.75) is 13.3 Å². The van der Waals surface area contributed by atoms with Crippen LogP contribution in [0.2, 0.25) is 0 Å². The van der Waals surface area contributed by atoms with Gasteiger partial charge in [0.2, 0.25) is 5.88 Å². The summed E-state index contributed by atoms with van der Waals surface area (Å²) in [4.78, 5) is 29.7. The maximum Gasteiger partial charge on any atom is 0.212 e. The SMILES string of the molecule is CO/N=C(\c1ccc(CC(=O)c2cncc(F)c2C)nc1)c1ccc(OC)nc1. The van der Waals surface area contributed by atoms with Crippen LogP contribution in [-0.2, 0) is 11.3 Å². The standard InChI is InChI=1S/C21H19FN4O3/c1-13-17(11-23-12-18(13)22)19(27)8-16-6-4-14(9-24-16)21(26-29-3)15-5-7-20(28-2)25-10-15/h4-7,9-12H,8H2,1-3H3/b26-21+. The third kappa shape index (κ3) is 4.60. The molecule has 7 nitrogen and oxygen atoms in total. The minimum absolute atomic E-state index is 0.0348. The van der Waals surface area contributed by atoms with Crippen LogP contribution in [0.1, 0.15) is 32.7 Å². The third-order valence-electron chi connectivity index (χ3n) is 4.30. The first-order valence-corrected chi connectivity index (χ1v) is 8.73. The minimum Gasteiger partial charge on any atom is -0.481 e. The lowest BCUT2D eigenvalue weighted by molar-refractivity contribution is 0.0990. The van der Waals surface area contributed by atoms with Crippen LogP contribution in [0.15, 0.2) is 54.2 Å². The number of ether oxygens (including phenoxy) is 1. The Bertz CT molecular complexity index is 1030. The molecule has 0 spiro atoms. The highest BCUT2D eigenvalue weighted by molar-refractivity contribution is 6.12. The van der Waals surface area contributed by atoms with Gasteiger partial charge in [-0.15, -0.1) is 0 Å². The van der Waals surface area contributed by atoms with Gasteiger partial charge in [-0.3, -0.25) is 14.8 Å². The maximum absolute atomic E-state index is 13.6. The molecule has 0 fully saturated rings. The van der Waals surface area contributed by atoms with Gasteiger partial charge in [-0.1, -0.05) is 5.16 Å². The second kappa shape index (κ2) is 9.01. The van der Waals surface area contributed by atoms with E-state index in [-0.39, 0.29) is 23.3 Å². The van der Waals surface area contributed by atoms with E-state index >= 15 is 0 Å². The van der Waals surface area contributed by atoms with Crippen molar-refractivity contribution in [2.75, 3.05) is 14.2 Å². The Labute approximate surface area is 167 Å². The molecule has 0 bridgehead atoms. The van der Waals surface area contributed by atoms with Gasteiger partial charge in [-0.05, 0) is 30.7 Å². The first kappa shape index (κ1) is 20.1. The monoisotopic (exact) mass is 394 g/mol. The lowest BCUT2D eigenvalue weighted by atomic mass is 10.0. The fourth-order valence-corrected chi connectivity index (χ4v) is 2.71. The molecule has 3 aromatic rings. The Morgan fingerprint density at radius 3 is 2.34 bits per heavy atom. The molecule has 3 rings (SSSR count). The van der Waals surface area contributed by atoms with Gasteiger partial charge in [0.05, 0.1) is 19.7 Å². The Kier molecular flexibility index (Phi) is 6.23. The van der Waals surface area contributed by atoms with Crippen molar-refractivity contribution in [1.82, 2.24) is 15.0 Å². The number of methoxy groups -OCH3 is 1. The fraction of sp³-hybridized carbons (Fsp3) is 0.190. The minimum atomic E-state index is -0.507. The summed E-state index contributed by atoms with van der Waals surface area (Å²) in [5, 5.41) is 4.06. The molecule has 148 valence electrons. The normalized spacial score (nSPS) is 11.2. The van der Waals surface area contributed by atoms with Crippen molar-refractivity contribution in [2.24, 2.45) is 5.16 Å². The summed E-state index contributed by atoms with van der Waals surface area (Å²) in [6.45, 7) is 1.55.